The van der Waals surface area contributed by atoms with Gasteiger partial charge in [-0.05, 0) is 48.2 Å². The van der Waals surface area contributed by atoms with E-state index in [4.69, 9.17) is 21.1 Å². The fourth-order valence-corrected chi connectivity index (χ4v) is 2.72. The maximum atomic E-state index is 10.4. The second-order valence-corrected chi connectivity index (χ2v) is 5.78. The van der Waals surface area contributed by atoms with E-state index in [0.717, 1.165) is 11.1 Å². The number of hydrogen-bond donors (Lipinski definition) is 1. The minimum absolute atomic E-state index is 0.172. The lowest BCUT2D eigenvalue weighted by atomic mass is 9.98. The van der Waals surface area contributed by atoms with Crippen LogP contribution in [-0.2, 0) is 6.42 Å². The minimum Gasteiger partial charge on any atom is -0.454 e. The maximum Gasteiger partial charge on any atom is 0.231 e. The average molecular weight is 305 g/mol. The molecule has 0 amide bonds. The molecule has 0 saturated carbocycles. The van der Waals surface area contributed by atoms with E-state index < -0.39 is 6.10 Å². The van der Waals surface area contributed by atoms with Gasteiger partial charge in [0.1, 0.15) is 0 Å². The molecule has 0 aliphatic carbocycles. The number of rotatable bonds is 3. The van der Waals surface area contributed by atoms with E-state index >= 15 is 0 Å². The zero-order chi connectivity index (χ0) is 15.0. The van der Waals surface area contributed by atoms with Crippen LogP contribution < -0.4 is 9.47 Å². The highest BCUT2D eigenvalue weighted by atomic mass is 35.5. The molecule has 0 fully saturated rings. The van der Waals surface area contributed by atoms with E-state index in [-0.39, 0.29) is 6.79 Å². The van der Waals surface area contributed by atoms with Gasteiger partial charge in [0.15, 0.2) is 11.5 Å². The Balaban J connectivity index is 1.83. The fourth-order valence-electron chi connectivity index (χ4n) is 2.45. The molecule has 1 atom stereocenters. The molecule has 0 saturated heterocycles. The third kappa shape index (κ3) is 2.85. The maximum absolute atomic E-state index is 10.4. The lowest BCUT2D eigenvalue weighted by Gasteiger charge is -2.13. The van der Waals surface area contributed by atoms with Crippen LogP contribution >= 0.6 is 11.6 Å². The van der Waals surface area contributed by atoms with Gasteiger partial charge in [-0.3, -0.25) is 0 Å². The van der Waals surface area contributed by atoms with Crippen molar-refractivity contribution in [2.45, 2.75) is 26.4 Å². The standard InChI is InChI=1S/C17H17ClO3/c1-10-3-4-12(5-11(10)2)6-15(19)13-7-14(18)17-16(8-13)20-9-21-17/h3-5,7-8,15,19H,6,9H2,1-2H3. The summed E-state index contributed by atoms with van der Waals surface area (Å²) in [4.78, 5) is 0. The summed E-state index contributed by atoms with van der Waals surface area (Å²) in [6.07, 6.45) is -0.0870. The molecule has 1 aliphatic rings. The van der Waals surface area contributed by atoms with Gasteiger partial charge in [-0.1, -0.05) is 29.8 Å². The number of benzene rings is 2. The molecule has 2 aromatic carbocycles. The summed E-state index contributed by atoms with van der Waals surface area (Å²) >= 11 is 6.15. The normalized spacial score (nSPS) is 14.3. The molecule has 110 valence electrons. The number of halogens is 1. The van der Waals surface area contributed by atoms with Gasteiger partial charge in [-0.15, -0.1) is 0 Å². The summed E-state index contributed by atoms with van der Waals surface area (Å²) in [5.74, 6) is 1.15. The minimum atomic E-state index is -0.626. The van der Waals surface area contributed by atoms with Gasteiger partial charge < -0.3 is 14.6 Å². The first-order chi connectivity index (χ1) is 10.0. The fraction of sp³-hybridized carbons (Fsp3) is 0.294. The molecule has 0 radical (unpaired) electrons. The number of fused-ring (bicyclic) bond motifs is 1. The van der Waals surface area contributed by atoms with Crippen molar-refractivity contribution in [1.29, 1.82) is 0 Å². The molecule has 1 unspecified atom stereocenters. The summed E-state index contributed by atoms with van der Waals surface area (Å²) < 4.78 is 10.6. The van der Waals surface area contributed by atoms with Crippen LogP contribution in [0.4, 0.5) is 0 Å². The SMILES string of the molecule is Cc1ccc(CC(O)c2cc(Cl)c3c(c2)OCO3)cc1C. The molecule has 0 spiro atoms. The van der Waals surface area contributed by atoms with Gasteiger partial charge in [0.2, 0.25) is 6.79 Å². The molecule has 1 N–H and O–H groups in total. The molecule has 0 aromatic heterocycles. The van der Waals surface area contributed by atoms with Crippen LogP contribution in [0.5, 0.6) is 11.5 Å². The summed E-state index contributed by atoms with van der Waals surface area (Å²) in [6, 6.07) is 9.75. The van der Waals surface area contributed by atoms with Crippen LogP contribution in [-0.4, -0.2) is 11.9 Å². The zero-order valence-electron chi connectivity index (χ0n) is 12.0. The Morgan fingerprint density at radius 1 is 1.14 bits per heavy atom. The highest BCUT2D eigenvalue weighted by Crippen LogP contribution is 2.41. The first kappa shape index (κ1) is 14.2. The van der Waals surface area contributed by atoms with Crippen LogP contribution in [0.15, 0.2) is 30.3 Å². The first-order valence-electron chi connectivity index (χ1n) is 6.88. The van der Waals surface area contributed by atoms with Crippen LogP contribution in [0.3, 0.4) is 0 Å². The monoisotopic (exact) mass is 304 g/mol. The van der Waals surface area contributed by atoms with Crippen LogP contribution in [0.25, 0.3) is 0 Å². The molecule has 0 bridgehead atoms. The smallest absolute Gasteiger partial charge is 0.231 e. The van der Waals surface area contributed by atoms with Gasteiger partial charge in [-0.25, -0.2) is 0 Å². The van der Waals surface area contributed by atoms with E-state index in [1.165, 1.54) is 11.1 Å². The lowest BCUT2D eigenvalue weighted by Crippen LogP contribution is -2.02. The van der Waals surface area contributed by atoms with Crippen LogP contribution in [0.2, 0.25) is 5.02 Å². The third-order valence-corrected chi connectivity index (χ3v) is 4.12. The van der Waals surface area contributed by atoms with Gasteiger partial charge in [-0.2, -0.15) is 0 Å². The summed E-state index contributed by atoms with van der Waals surface area (Å²) in [7, 11) is 0. The highest BCUT2D eigenvalue weighted by Gasteiger charge is 2.21. The Labute approximate surface area is 129 Å². The molecule has 3 rings (SSSR count). The second kappa shape index (κ2) is 5.58. The molecule has 1 aliphatic heterocycles. The number of aryl methyl sites for hydroxylation is 2. The van der Waals surface area contributed by atoms with Crippen molar-refractivity contribution < 1.29 is 14.6 Å². The largest absolute Gasteiger partial charge is 0.454 e. The molecule has 4 heteroatoms. The van der Waals surface area contributed by atoms with Crippen LogP contribution in [0.1, 0.15) is 28.4 Å². The Morgan fingerprint density at radius 3 is 2.71 bits per heavy atom. The van der Waals surface area contributed by atoms with Gasteiger partial charge in [0.05, 0.1) is 11.1 Å². The first-order valence-corrected chi connectivity index (χ1v) is 7.25. The number of aliphatic hydroxyl groups is 1. The van der Waals surface area contributed by atoms with Crippen molar-refractivity contribution in [2.75, 3.05) is 6.79 Å². The van der Waals surface area contributed by atoms with Crippen LogP contribution in [0, 0.1) is 13.8 Å². The van der Waals surface area contributed by atoms with Gasteiger partial charge in [0, 0.05) is 6.42 Å². The Kier molecular flexibility index (Phi) is 3.79. The zero-order valence-corrected chi connectivity index (χ0v) is 12.8. The third-order valence-electron chi connectivity index (χ3n) is 3.83. The van der Waals surface area contributed by atoms with Gasteiger partial charge >= 0.3 is 0 Å². The quantitative estimate of drug-likeness (QED) is 0.933. The predicted octanol–water partition coefficient (Wildman–Crippen LogP) is 3.96. The second-order valence-electron chi connectivity index (χ2n) is 5.38. The van der Waals surface area contributed by atoms with Crippen molar-refractivity contribution in [3.05, 3.63) is 57.6 Å². The van der Waals surface area contributed by atoms with E-state index in [2.05, 4.69) is 26.0 Å². The molecular formula is C17H17ClO3. The molecule has 3 nitrogen and oxygen atoms in total. The molecule has 21 heavy (non-hydrogen) atoms. The summed E-state index contributed by atoms with van der Waals surface area (Å²) in [5.41, 5.74) is 4.31. The predicted molar refractivity (Wildman–Crippen MR) is 82.2 cm³/mol. The molecule has 1 heterocycles. The van der Waals surface area contributed by atoms with Crippen molar-refractivity contribution in [3.63, 3.8) is 0 Å². The van der Waals surface area contributed by atoms with Gasteiger partial charge in [0.25, 0.3) is 0 Å². The van der Waals surface area contributed by atoms with E-state index in [9.17, 15) is 5.11 Å². The number of aliphatic hydroxyl groups excluding tert-OH is 1. The highest BCUT2D eigenvalue weighted by molar-refractivity contribution is 6.32. The molecular weight excluding hydrogens is 288 g/mol. The average Bonchev–Trinajstić information content (AvgIpc) is 2.92. The van der Waals surface area contributed by atoms with E-state index in [1.807, 2.05) is 6.07 Å². The number of ether oxygens (including phenoxy) is 2. The Morgan fingerprint density at radius 2 is 1.95 bits per heavy atom. The Bertz CT molecular complexity index is 682. The van der Waals surface area contributed by atoms with E-state index in [0.29, 0.717) is 22.9 Å². The lowest BCUT2D eigenvalue weighted by molar-refractivity contribution is 0.171. The Hall–Kier alpha value is -1.71. The molecule has 2 aromatic rings. The number of hydrogen-bond acceptors (Lipinski definition) is 3. The summed E-state index contributed by atoms with van der Waals surface area (Å²) in [5, 5.41) is 10.9. The summed E-state index contributed by atoms with van der Waals surface area (Å²) in [6.45, 7) is 4.32. The topological polar surface area (TPSA) is 38.7 Å². The van der Waals surface area contributed by atoms with Crippen molar-refractivity contribution in [3.8, 4) is 11.5 Å². The van der Waals surface area contributed by atoms with Crippen molar-refractivity contribution in [2.24, 2.45) is 0 Å². The van der Waals surface area contributed by atoms with Crippen molar-refractivity contribution >= 4 is 11.6 Å². The van der Waals surface area contributed by atoms with E-state index in [1.54, 1.807) is 12.1 Å². The van der Waals surface area contributed by atoms with Crippen molar-refractivity contribution in [1.82, 2.24) is 0 Å².